The van der Waals surface area contributed by atoms with Crippen molar-refractivity contribution in [3.05, 3.63) is 71.9 Å². The first-order chi connectivity index (χ1) is 12.7. The molecule has 2 amide bonds. The molecule has 0 bridgehead atoms. The van der Waals surface area contributed by atoms with Crippen LogP contribution in [0, 0.1) is 0 Å². The number of aromatic nitrogens is 1. The molecule has 6 nitrogen and oxygen atoms in total. The fraction of sp³-hybridized carbons (Fsp3) is 0.150. The fourth-order valence-corrected chi connectivity index (χ4v) is 2.61. The molecule has 132 valence electrons. The molecule has 0 aliphatic heterocycles. The lowest BCUT2D eigenvalue weighted by Crippen LogP contribution is -2.34. The van der Waals surface area contributed by atoms with E-state index in [-0.39, 0.29) is 11.8 Å². The topological polar surface area (TPSA) is 80.3 Å². The van der Waals surface area contributed by atoms with Crippen molar-refractivity contribution in [1.82, 2.24) is 15.6 Å². The Kier molecular flexibility index (Phi) is 5.43. The van der Waals surface area contributed by atoms with Crippen LogP contribution < -0.4 is 15.4 Å². The minimum atomic E-state index is -0.215. The van der Waals surface area contributed by atoms with Gasteiger partial charge < -0.3 is 15.4 Å². The molecule has 6 heteroatoms. The summed E-state index contributed by atoms with van der Waals surface area (Å²) in [6, 6.07) is 16.1. The fourth-order valence-electron chi connectivity index (χ4n) is 2.61. The third kappa shape index (κ3) is 3.97. The van der Waals surface area contributed by atoms with Crippen molar-refractivity contribution >= 4 is 22.7 Å². The number of hydrogen-bond donors (Lipinski definition) is 2. The molecule has 0 saturated heterocycles. The van der Waals surface area contributed by atoms with Gasteiger partial charge in [-0.15, -0.1) is 0 Å². The van der Waals surface area contributed by atoms with E-state index < -0.39 is 0 Å². The molecule has 0 spiro atoms. The van der Waals surface area contributed by atoms with Crippen molar-refractivity contribution in [2.24, 2.45) is 0 Å². The van der Waals surface area contributed by atoms with Gasteiger partial charge in [0.05, 0.1) is 18.2 Å². The molecule has 2 N–H and O–H groups in total. The Morgan fingerprint density at radius 1 is 0.962 bits per heavy atom. The molecule has 26 heavy (non-hydrogen) atoms. The third-order valence-corrected chi connectivity index (χ3v) is 3.92. The second-order valence-corrected chi connectivity index (χ2v) is 5.62. The van der Waals surface area contributed by atoms with Crippen molar-refractivity contribution in [3.8, 4) is 5.75 Å². The lowest BCUT2D eigenvalue weighted by atomic mass is 10.1. The second-order valence-electron chi connectivity index (χ2n) is 5.62. The molecule has 0 unspecified atom stereocenters. The lowest BCUT2D eigenvalue weighted by Gasteiger charge is -2.09. The Bertz CT molecular complexity index is 935. The van der Waals surface area contributed by atoms with Crippen molar-refractivity contribution in [1.29, 1.82) is 0 Å². The number of pyridine rings is 1. The number of ether oxygens (including phenoxy) is 1. The molecule has 0 aliphatic carbocycles. The number of para-hydroxylation sites is 1. The molecule has 1 heterocycles. The van der Waals surface area contributed by atoms with Gasteiger partial charge in [0, 0.05) is 30.2 Å². The SMILES string of the molecule is COc1cccc(C(=O)NCCNC(=O)c2ccnc3ccccc23)c1. The van der Waals surface area contributed by atoms with Crippen LogP contribution in [-0.2, 0) is 0 Å². The number of methoxy groups -OCH3 is 1. The maximum absolute atomic E-state index is 12.4. The zero-order valence-corrected chi connectivity index (χ0v) is 14.4. The van der Waals surface area contributed by atoms with Crippen LogP contribution in [0.5, 0.6) is 5.75 Å². The summed E-state index contributed by atoms with van der Waals surface area (Å²) in [5.74, 6) is 0.210. The minimum Gasteiger partial charge on any atom is -0.497 e. The summed E-state index contributed by atoms with van der Waals surface area (Å²) in [7, 11) is 1.55. The average Bonchev–Trinajstić information content (AvgIpc) is 2.70. The van der Waals surface area contributed by atoms with E-state index in [0.717, 1.165) is 10.9 Å². The molecule has 0 radical (unpaired) electrons. The molecular formula is C20H19N3O3. The predicted molar refractivity (Wildman–Crippen MR) is 99.4 cm³/mol. The Hall–Kier alpha value is -3.41. The number of nitrogens with one attached hydrogen (secondary N) is 2. The minimum absolute atomic E-state index is 0.195. The van der Waals surface area contributed by atoms with Gasteiger partial charge in [-0.2, -0.15) is 0 Å². The monoisotopic (exact) mass is 349 g/mol. The molecule has 0 aliphatic rings. The number of benzene rings is 2. The van der Waals surface area contributed by atoms with Crippen LogP contribution in [0.15, 0.2) is 60.8 Å². The molecule has 3 aromatic rings. The van der Waals surface area contributed by atoms with E-state index in [1.807, 2.05) is 24.3 Å². The molecular weight excluding hydrogens is 330 g/mol. The van der Waals surface area contributed by atoms with E-state index in [9.17, 15) is 9.59 Å². The average molecular weight is 349 g/mol. The van der Waals surface area contributed by atoms with E-state index >= 15 is 0 Å². The number of fused-ring (bicyclic) bond motifs is 1. The molecule has 0 fully saturated rings. The van der Waals surface area contributed by atoms with Gasteiger partial charge >= 0.3 is 0 Å². The van der Waals surface area contributed by atoms with Crippen molar-refractivity contribution in [2.45, 2.75) is 0 Å². The lowest BCUT2D eigenvalue weighted by molar-refractivity contribution is 0.0928. The standard InChI is InChI=1S/C20H19N3O3/c1-26-15-6-4-5-14(13-15)19(24)22-11-12-23-20(25)17-9-10-21-18-8-3-2-7-16(17)18/h2-10,13H,11-12H2,1H3,(H,22,24)(H,23,25). The van der Waals surface area contributed by atoms with E-state index in [2.05, 4.69) is 15.6 Å². The summed E-state index contributed by atoms with van der Waals surface area (Å²) in [6.45, 7) is 0.649. The highest BCUT2D eigenvalue weighted by atomic mass is 16.5. The number of amides is 2. The number of rotatable bonds is 6. The van der Waals surface area contributed by atoms with E-state index in [0.29, 0.717) is 30.0 Å². The predicted octanol–water partition coefficient (Wildman–Crippen LogP) is 2.40. The van der Waals surface area contributed by atoms with Gasteiger partial charge in [-0.1, -0.05) is 24.3 Å². The van der Waals surface area contributed by atoms with Gasteiger partial charge in [-0.3, -0.25) is 14.6 Å². The van der Waals surface area contributed by atoms with E-state index in [1.54, 1.807) is 43.6 Å². The third-order valence-electron chi connectivity index (χ3n) is 3.92. The number of carbonyl (C=O) groups excluding carboxylic acids is 2. The first-order valence-corrected chi connectivity index (χ1v) is 8.23. The van der Waals surface area contributed by atoms with Gasteiger partial charge in [0.15, 0.2) is 0 Å². The van der Waals surface area contributed by atoms with Crippen LogP contribution in [0.2, 0.25) is 0 Å². The summed E-state index contributed by atoms with van der Waals surface area (Å²) >= 11 is 0. The summed E-state index contributed by atoms with van der Waals surface area (Å²) in [5.41, 5.74) is 1.84. The molecule has 0 atom stereocenters. The highest BCUT2D eigenvalue weighted by Gasteiger charge is 2.10. The van der Waals surface area contributed by atoms with Crippen molar-refractivity contribution < 1.29 is 14.3 Å². The molecule has 0 saturated carbocycles. The van der Waals surface area contributed by atoms with Crippen LogP contribution in [0.4, 0.5) is 0 Å². The van der Waals surface area contributed by atoms with Gasteiger partial charge in [0.2, 0.25) is 0 Å². The quantitative estimate of drug-likeness (QED) is 0.670. The Labute approximate surface area is 151 Å². The molecule has 3 rings (SSSR count). The summed E-state index contributed by atoms with van der Waals surface area (Å²) < 4.78 is 5.10. The molecule has 2 aromatic carbocycles. The normalized spacial score (nSPS) is 10.3. The zero-order valence-electron chi connectivity index (χ0n) is 14.4. The zero-order chi connectivity index (χ0) is 18.4. The van der Waals surface area contributed by atoms with Crippen LogP contribution in [0.1, 0.15) is 20.7 Å². The van der Waals surface area contributed by atoms with Gasteiger partial charge in [0.25, 0.3) is 11.8 Å². The highest BCUT2D eigenvalue weighted by Crippen LogP contribution is 2.15. The first kappa shape index (κ1) is 17.4. The van der Waals surface area contributed by atoms with Crippen LogP contribution >= 0.6 is 0 Å². The first-order valence-electron chi connectivity index (χ1n) is 8.23. The summed E-state index contributed by atoms with van der Waals surface area (Å²) in [6.07, 6.45) is 1.61. The summed E-state index contributed by atoms with van der Waals surface area (Å²) in [5, 5.41) is 6.39. The summed E-state index contributed by atoms with van der Waals surface area (Å²) in [4.78, 5) is 28.7. The van der Waals surface area contributed by atoms with Crippen molar-refractivity contribution in [2.75, 3.05) is 20.2 Å². The maximum atomic E-state index is 12.4. The molecule has 1 aromatic heterocycles. The maximum Gasteiger partial charge on any atom is 0.252 e. The Balaban J connectivity index is 1.54. The van der Waals surface area contributed by atoms with Gasteiger partial charge in [-0.05, 0) is 30.3 Å². The van der Waals surface area contributed by atoms with Gasteiger partial charge in [0.1, 0.15) is 5.75 Å². The van der Waals surface area contributed by atoms with E-state index in [4.69, 9.17) is 4.74 Å². The van der Waals surface area contributed by atoms with Crippen LogP contribution in [0.25, 0.3) is 10.9 Å². The van der Waals surface area contributed by atoms with Crippen LogP contribution in [0.3, 0.4) is 0 Å². The highest BCUT2D eigenvalue weighted by molar-refractivity contribution is 6.06. The second kappa shape index (κ2) is 8.11. The number of carbonyl (C=O) groups is 2. The number of nitrogens with zero attached hydrogens (tertiary/aromatic N) is 1. The largest absolute Gasteiger partial charge is 0.497 e. The van der Waals surface area contributed by atoms with Crippen LogP contribution in [-0.4, -0.2) is 37.0 Å². The van der Waals surface area contributed by atoms with Gasteiger partial charge in [-0.25, -0.2) is 0 Å². The van der Waals surface area contributed by atoms with E-state index in [1.165, 1.54) is 0 Å². The Morgan fingerprint density at radius 2 is 1.73 bits per heavy atom. The number of hydrogen-bond acceptors (Lipinski definition) is 4. The smallest absolute Gasteiger partial charge is 0.252 e. The van der Waals surface area contributed by atoms with Crippen molar-refractivity contribution in [3.63, 3.8) is 0 Å². The Morgan fingerprint density at radius 3 is 2.54 bits per heavy atom.